The van der Waals surface area contributed by atoms with Crippen LogP contribution in [0, 0.1) is 0 Å². The van der Waals surface area contributed by atoms with Gasteiger partial charge in [0.1, 0.15) is 0 Å². The lowest BCUT2D eigenvalue weighted by atomic mass is 10.1. The predicted molar refractivity (Wildman–Crippen MR) is 188 cm³/mol. The lowest BCUT2D eigenvalue weighted by molar-refractivity contribution is 0.367. The van der Waals surface area contributed by atoms with Crippen LogP contribution in [0.4, 0.5) is 29.7 Å². The molecule has 4 fully saturated rings. The maximum Gasteiger partial charge on any atom is 0.328 e. The van der Waals surface area contributed by atoms with Gasteiger partial charge in [-0.25, -0.2) is 5.43 Å². The van der Waals surface area contributed by atoms with Gasteiger partial charge in [-0.1, -0.05) is 0 Å². The van der Waals surface area contributed by atoms with Gasteiger partial charge in [0.05, 0.1) is 13.3 Å². The Morgan fingerprint density at radius 3 is 1.44 bits per heavy atom. The second-order valence-corrected chi connectivity index (χ2v) is 13.1. The first-order valence-corrected chi connectivity index (χ1v) is 17.9. The van der Waals surface area contributed by atoms with Crippen molar-refractivity contribution in [3.05, 3.63) is 23.8 Å². The molecule has 1 aromatic carbocycles. The molecule has 0 radical (unpaired) electrons. The van der Waals surface area contributed by atoms with Gasteiger partial charge in [-0.05, 0) is 101 Å². The van der Waals surface area contributed by atoms with Gasteiger partial charge in [-0.15, -0.1) is 0 Å². The summed E-state index contributed by atoms with van der Waals surface area (Å²) in [5.41, 5.74) is 3.89. The summed E-state index contributed by atoms with van der Waals surface area (Å²) in [4.78, 5) is 37.7. The van der Waals surface area contributed by atoms with E-state index in [2.05, 4.69) is 30.1 Å². The molecule has 0 unspecified atom stereocenters. The minimum absolute atomic E-state index is 0.274. The van der Waals surface area contributed by atoms with Gasteiger partial charge in [-0.3, -0.25) is 0 Å². The molecule has 2 aromatic heterocycles. The van der Waals surface area contributed by atoms with Crippen LogP contribution in [0.1, 0.15) is 82.6 Å². The van der Waals surface area contributed by atoms with E-state index in [1.54, 1.807) is 13.3 Å². The van der Waals surface area contributed by atoms with E-state index >= 15 is 0 Å². The van der Waals surface area contributed by atoms with Gasteiger partial charge < -0.3 is 29.1 Å². The normalized spacial score (nSPS) is 19.1. The molecule has 4 aliphatic rings. The topological polar surface area (TPSA) is 133 Å². The summed E-state index contributed by atoms with van der Waals surface area (Å²) in [5, 5.41) is 4.49. The zero-order chi connectivity index (χ0) is 32.5. The molecule has 0 saturated carbocycles. The zero-order valence-electron chi connectivity index (χ0n) is 28.2. The van der Waals surface area contributed by atoms with Crippen LogP contribution in [-0.2, 0) is 0 Å². The Balaban J connectivity index is 1.08. The maximum atomic E-state index is 6.30. The van der Waals surface area contributed by atoms with Gasteiger partial charge in [0.15, 0.2) is 11.5 Å². The van der Waals surface area contributed by atoms with Crippen LogP contribution in [0.15, 0.2) is 23.3 Å². The van der Waals surface area contributed by atoms with Crippen molar-refractivity contribution in [2.45, 2.75) is 77.0 Å². The fourth-order valence-corrected chi connectivity index (χ4v) is 6.84. The van der Waals surface area contributed by atoms with E-state index in [-0.39, 0.29) is 6.01 Å². The molecular weight excluding hydrogens is 608 g/mol. The molecule has 0 amide bonds. The second-order valence-electron chi connectivity index (χ2n) is 13.1. The quantitative estimate of drug-likeness (QED) is 0.225. The molecule has 4 saturated heterocycles. The van der Waals surface area contributed by atoms with Crippen LogP contribution in [0.5, 0.6) is 17.5 Å². The van der Waals surface area contributed by atoms with Gasteiger partial charge in [-0.2, -0.15) is 35.0 Å². The van der Waals surface area contributed by atoms with Crippen molar-refractivity contribution in [3.63, 3.8) is 0 Å². The number of ether oxygens (including phenoxy) is 2. The van der Waals surface area contributed by atoms with Crippen LogP contribution in [-0.4, -0.2) is 95.6 Å². The third-order valence-electron chi connectivity index (χ3n) is 9.53. The molecule has 0 bridgehead atoms. The number of rotatable bonds is 10. The number of aromatic nitrogens is 6. The molecule has 1 N–H and O–H groups in total. The Morgan fingerprint density at radius 2 is 1.00 bits per heavy atom. The maximum absolute atomic E-state index is 6.30. The molecule has 256 valence electrons. The minimum atomic E-state index is 0.274. The number of nitrogens with one attached hydrogen (secondary N) is 1. The van der Waals surface area contributed by atoms with Crippen molar-refractivity contribution in [2.75, 3.05) is 84.5 Å². The molecule has 14 nitrogen and oxygen atoms in total. The summed E-state index contributed by atoms with van der Waals surface area (Å²) in [6, 6.07) is 5.94. The number of benzene rings is 1. The highest BCUT2D eigenvalue weighted by Gasteiger charge is 2.23. The van der Waals surface area contributed by atoms with Crippen LogP contribution in [0.25, 0.3) is 0 Å². The molecule has 14 heteroatoms. The summed E-state index contributed by atoms with van der Waals surface area (Å²) in [6.07, 6.45) is 15.9. The number of anilines is 5. The Hall–Kier alpha value is -4.49. The summed E-state index contributed by atoms with van der Waals surface area (Å²) in [7, 11) is 1.63. The second kappa shape index (κ2) is 15.6. The summed E-state index contributed by atoms with van der Waals surface area (Å²) < 4.78 is 12.0. The van der Waals surface area contributed by atoms with Crippen molar-refractivity contribution in [1.82, 2.24) is 29.9 Å². The molecule has 6 heterocycles. The number of hydrogen-bond acceptors (Lipinski definition) is 14. The van der Waals surface area contributed by atoms with Gasteiger partial charge in [0, 0.05) is 52.4 Å². The van der Waals surface area contributed by atoms with Crippen LogP contribution >= 0.6 is 0 Å². The molecule has 48 heavy (non-hydrogen) atoms. The molecule has 3 aromatic rings. The smallest absolute Gasteiger partial charge is 0.328 e. The van der Waals surface area contributed by atoms with E-state index in [0.29, 0.717) is 29.3 Å². The van der Waals surface area contributed by atoms with Crippen LogP contribution in [0.3, 0.4) is 0 Å². The number of methoxy groups -OCH3 is 1. The highest BCUT2D eigenvalue weighted by Crippen LogP contribution is 2.33. The Kier molecular flexibility index (Phi) is 10.4. The highest BCUT2D eigenvalue weighted by atomic mass is 16.5. The molecular formula is C34H48N12O2. The van der Waals surface area contributed by atoms with Gasteiger partial charge >= 0.3 is 6.01 Å². The Morgan fingerprint density at radius 1 is 0.562 bits per heavy atom. The minimum Gasteiger partial charge on any atom is -0.493 e. The third-order valence-corrected chi connectivity index (χ3v) is 9.53. The summed E-state index contributed by atoms with van der Waals surface area (Å²) >= 11 is 0. The first-order chi connectivity index (χ1) is 23.7. The number of piperidine rings is 4. The lowest BCUT2D eigenvalue weighted by Crippen LogP contribution is -2.34. The largest absolute Gasteiger partial charge is 0.493 e. The Bertz CT molecular complexity index is 1460. The molecule has 4 aliphatic heterocycles. The Labute approximate surface area is 283 Å². The molecule has 7 rings (SSSR count). The number of nitrogens with zero attached hydrogens (tertiary/aromatic N) is 11. The van der Waals surface area contributed by atoms with E-state index in [1.807, 2.05) is 18.2 Å². The average molecular weight is 657 g/mol. The van der Waals surface area contributed by atoms with E-state index < -0.39 is 0 Å². The first kappa shape index (κ1) is 32.1. The van der Waals surface area contributed by atoms with Crippen molar-refractivity contribution in [2.24, 2.45) is 5.10 Å². The zero-order valence-corrected chi connectivity index (χ0v) is 28.2. The number of hydrazone groups is 1. The summed E-state index contributed by atoms with van der Waals surface area (Å²) in [5.74, 6) is 4.32. The monoisotopic (exact) mass is 656 g/mol. The SMILES string of the molecule is COc1cc(/C=N/Nc2nc(N3CCCCC3)nc(N3CCCCC3)n2)ccc1Oc1nc(N2CCCCC2)nc(N2CCCCC2)n1. The van der Waals surface area contributed by atoms with Crippen molar-refractivity contribution >= 4 is 36.0 Å². The molecule has 0 atom stereocenters. The van der Waals surface area contributed by atoms with Crippen molar-refractivity contribution < 1.29 is 9.47 Å². The van der Waals surface area contributed by atoms with E-state index in [0.717, 1.165) is 121 Å². The summed E-state index contributed by atoms with van der Waals surface area (Å²) in [6.45, 7) is 7.62. The van der Waals surface area contributed by atoms with E-state index in [9.17, 15) is 0 Å². The fraction of sp³-hybridized carbons (Fsp3) is 0.618. The number of hydrogen-bond donors (Lipinski definition) is 1. The van der Waals surface area contributed by atoms with Crippen molar-refractivity contribution in [1.29, 1.82) is 0 Å². The van der Waals surface area contributed by atoms with E-state index in [4.69, 9.17) is 39.4 Å². The fourth-order valence-electron chi connectivity index (χ4n) is 6.84. The molecule has 0 spiro atoms. The average Bonchev–Trinajstić information content (AvgIpc) is 3.16. The highest BCUT2D eigenvalue weighted by molar-refractivity contribution is 5.81. The third kappa shape index (κ3) is 7.96. The van der Waals surface area contributed by atoms with Gasteiger partial charge in [0.2, 0.25) is 29.7 Å². The predicted octanol–water partition coefficient (Wildman–Crippen LogP) is 5.26. The standard InChI is InChI=1S/C34H48N12O2/c1-47-28-24-26(25-35-42-29-36-30(43-16-6-2-7-17-43)38-31(37-29)44-18-8-3-9-19-44)14-15-27(28)48-34-40-32(45-20-10-4-11-21-45)39-33(41-34)46-22-12-5-13-23-46/h14-15,24-25H,2-13,16-23H2,1H3,(H,36,37,38,42)/b35-25+. The van der Waals surface area contributed by atoms with Gasteiger partial charge in [0.25, 0.3) is 0 Å². The lowest BCUT2D eigenvalue weighted by Gasteiger charge is -2.30. The van der Waals surface area contributed by atoms with Crippen molar-refractivity contribution in [3.8, 4) is 17.5 Å². The first-order valence-electron chi connectivity index (χ1n) is 17.9. The van der Waals surface area contributed by atoms with E-state index in [1.165, 1.54) is 25.7 Å². The van der Waals surface area contributed by atoms with Crippen LogP contribution < -0.4 is 34.5 Å². The molecule has 0 aliphatic carbocycles. The van der Waals surface area contributed by atoms with Crippen LogP contribution in [0.2, 0.25) is 0 Å².